The number of hydrogen-bond acceptors (Lipinski definition) is 3. The quantitative estimate of drug-likeness (QED) is 0.143. The standard InChI is InChI=1S/C34H26Cl4N4S.ClH/c35-29-9-7-23(17-31(29)37)15-25-3-1-5-33(27(25)19-41-13-11-39-21-41)43-34-6-2-4-26(28(34)20-42-14-12-40-22-42)16-24-8-10-30(36)32(38)18-24;/h1-14,17-18,21-22H,15-16,19-20H2;1H. The molecule has 0 saturated heterocycles. The summed E-state index contributed by atoms with van der Waals surface area (Å²) < 4.78 is 4.20. The predicted octanol–water partition coefficient (Wildman–Crippen LogP) is 10.5. The molecule has 6 rings (SSSR count). The van der Waals surface area contributed by atoms with Crippen LogP contribution in [0.2, 0.25) is 20.1 Å². The smallest absolute Gasteiger partial charge is 0.0949 e. The van der Waals surface area contributed by atoms with Gasteiger partial charge in [0.15, 0.2) is 0 Å². The molecule has 2 aromatic heterocycles. The molecule has 10 heteroatoms. The minimum absolute atomic E-state index is 0. The zero-order chi connectivity index (χ0) is 29.8. The highest BCUT2D eigenvalue weighted by atomic mass is 35.5. The van der Waals surface area contributed by atoms with Crippen LogP contribution in [0.1, 0.15) is 33.4 Å². The highest BCUT2D eigenvalue weighted by Crippen LogP contribution is 2.38. The van der Waals surface area contributed by atoms with E-state index in [9.17, 15) is 0 Å². The highest BCUT2D eigenvalue weighted by molar-refractivity contribution is 7.99. The number of imidazole rings is 2. The summed E-state index contributed by atoms with van der Waals surface area (Å²) in [5, 5.41) is 2.23. The molecule has 0 bridgehead atoms. The van der Waals surface area contributed by atoms with Crippen LogP contribution in [0.25, 0.3) is 0 Å². The minimum atomic E-state index is 0. The molecule has 0 radical (unpaired) electrons. The third-order valence-electron chi connectivity index (χ3n) is 7.24. The van der Waals surface area contributed by atoms with E-state index in [0.717, 1.165) is 24.0 Å². The maximum atomic E-state index is 6.37. The van der Waals surface area contributed by atoms with Gasteiger partial charge in [0.1, 0.15) is 0 Å². The van der Waals surface area contributed by atoms with Gasteiger partial charge < -0.3 is 9.13 Å². The minimum Gasteiger partial charge on any atom is -0.333 e. The molecule has 0 saturated carbocycles. The first-order chi connectivity index (χ1) is 20.9. The second-order valence-corrected chi connectivity index (χ2v) is 12.9. The van der Waals surface area contributed by atoms with Crippen LogP contribution in [-0.4, -0.2) is 19.1 Å². The van der Waals surface area contributed by atoms with Crippen molar-refractivity contribution in [3.63, 3.8) is 0 Å². The van der Waals surface area contributed by atoms with E-state index in [1.807, 2.05) is 73.8 Å². The number of nitrogens with zero attached hydrogens (tertiary/aromatic N) is 4. The van der Waals surface area contributed by atoms with Gasteiger partial charge >= 0.3 is 0 Å². The third kappa shape index (κ3) is 7.84. The first-order valence-electron chi connectivity index (χ1n) is 13.6. The van der Waals surface area contributed by atoms with E-state index in [-0.39, 0.29) is 12.4 Å². The summed E-state index contributed by atoms with van der Waals surface area (Å²) in [6.07, 6.45) is 12.8. The van der Waals surface area contributed by atoms with Gasteiger partial charge in [0.25, 0.3) is 0 Å². The fraction of sp³-hybridized carbons (Fsp3) is 0.118. The van der Waals surface area contributed by atoms with E-state index in [4.69, 9.17) is 46.4 Å². The molecule has 0 atom stereocenters. The largest absolute Gasteiger partial charge is 0.333 e. The van der Waals surface area contributed by atoms with Gasteiger partial charge in [-0.1, -0.05) is 94.6 Å². The van der Waals surface area contributed by atoms with Gasteiger partial charge in [-0.2, -0.15) is 0 Å². The summed E-state index contributed by atoms with van der Waals surface area (Å²) in [5.74, 6) is 0. The van der Waals surface area contributed by atoms with Crippen LogP contribution >= 0.6 is 70.6 Å². The second-order valence-electron chi connectivity index (χ2n) is 10.2. The van der Waals surface area contributed by atoms with Crippen LogP contribution in [0.15, 0.2) is 120 Å². The molecule has 0 aliphatic heterocycles. The zero-order valence-electron chi connectivity index (χ0n) is 23.3. The van der Waals surface area contributed by atoms with Gasteiger partial charge in [0.05, 0.1) is 32.7 Å². The van der Waals surface area contributed by atoms with Crippen molar-refractivity contribution < 1.29 is 0 Å². The SMILES string of the molecule is Cl.Clc1ccc(Cc2cccc(Sc3cccc(Cc4ccc(Cl)c(Cl)c4)c3Cn3ccnc3)c2Cn2ccnc2)cc1Cl. The summed E-state index contributed by atoms with van der Waals surface area (Å²) in [7, 11) is 0. The molecule has 4 nitrogen and oxygen atoms in total. The van der Waals surface area contributed by atoms with Crippen molar-refractivity contribution >= 4 is 70.6 Å². The summed E-state index contributed by atoms with van der Waals surface area (Å²) in [6, 6.07) is 24.7. The Hall–Kier alpha value is -2.90. The molecule has 0 unspecified atom stereocenters. The molecule has 0 aliphatic rings. The molecule has 224 valence electrons. The first kappa shape index (κ1) is 32.5. The normalized spacial score (nSPS) is 11.0. The summed E-state index contributed by atoms with van der Waals surface area (Å²) in [4.78, 5) is 10.9. The van der Waals surface area contributed by atoms with Crippen LogP contribution in [0.4, 0.5) is 0 Å². The Labute approximate surface area is 287 Å². The van der Waals surface area contributed by atoms with Crippen LogP contribution in [0.5, 0.6) is 0 Å². The average molecular weight is 701 g/mol. The van der Waals surface area contributed by atoms with Crippen molar-refractivity contribution in [2.75, 3.05) is 0 Å². The van der Waals surface area contributed by atoms with E-state index >= 15 is 0 Å². The second kappa shape index (κ2) is 14.9. The van der Waals surface area contributed by atoms with E-state index in [2.05, 4.69) is 55.5 Å². The molecule has 2 heterocycles. The predicted molar refractivity (Wildman–Crippen MR) is 185 cm³/mol. The van der Waals surface area contributed by atoms with Gasteiger partial charge in [0, 0.05) is 47.7 Å². The van der Waals surface area contributed by atoms with Crippen molar-refractivity contribution in [1.29, 1.82) is 0 Å². The highest BCUT2D eigenvalue weighted by Gasteiger charge is 2.16. The maximum absolute atomic E-state index is 6.37. The molecule has 0 aliphatic carbocycles. The Bertz CT molecular complexity index is 1720. The van der Waals surface area contributed by atoms with E-state index in [0.29, 0.717) is 33.2 Å². The third-order valence-corrected chi connectivity index (χ3v) is 9.92. The molecule has 0 N–H and O–H groups in total. The van der Waals surface area contributed by atoms with E-state index < -0.39 is 0 Å². The summed E-state index contributed by atoms with van der Waals surface area (Å²) in [6.45, 7) is 1.39. The average Bonchev–Trinajstić information content (AvgIpc) is 3.71. The monoisotopic (exact) mass is 698 g/mol. The Morgan fingerprint density at radius 1 is 0.568 bits per heavy atom. The van der Waals surface area contributed by atoms with Crippen LogP contribution in [0, 0.1) is 0 Å². The Kier molecular flexibility index (Phi) is 11.0. The number of rotatable bonds is 10. The van der Waals surface area contributed by atoms with Crippen LogP contribution < -0.4 is 0 Å². The van der Waals surface area contributed by atoms with Gasteiger partial charge in [-0.15, -0.1) is 12.4 Å². The zero-order valence-corrected chi connectivity index (χ0v) is 28.0. The Morgan fingerprint density at radius 2 is 1.02 bits per heavy atom. The van der Waals surface area contributed by atoms with Gasteiger partial charge in [-0.25, -0.2) is 9.97 Å². The maximum Gasteiger partial charge on any atom is 0.0949 e. The van der Waals surface area contributed by atoms with Crippen LogP contribution in [0.3, 0.4) is 0 Å². The molecule has 0 spiro atoms. The van der Waals surface area contributed by atoms with E-state index in [1.54, 1.807) is 11.8 Å². The molecule has 0 amide bonds. The summed E-state index contributed by atoms with van der Waals surface area (Å²) in [5.41, 5.74) is 7.13. The molecule has 4 aromatic carbocycles. The van der Waals surface area contributed by atoms with Crippen molar-refractivity contribution in [1.82, 2.24) is 19.1 Å². The Balaban J connectivity index is 0.00000384. The van der Waals surface area contributed by atoms with Gasteiger partial charge in [0.2, 0.25) is 0 Å². The number of halogens is 5. The molecule has 44 heavy (non-hydrogen) atoms. The van der Waals surface area contributed by atoms with Crippen molar-refractivity contribution in [3.05, 3.63) is 164 Å². The van der Waals surface area contributed by atoms with Crippen molar-refractivity contribution in [2.24, 2.45) is 0 Å². The van der Waals surface area contributed by atoms with Crippen molar-refractivity contribution in [2.45, 2.75) is 35.7 Å². The topological polar surface area (TPSA) is 35.6 Å². The fourth-order valence-electron chi connectivity index (χ4n) is 5.09. The number of benzene rings is 4. The van der Waals surface area contributed by atoms with Gasteiger partial charge in [-0.3, -0.25) is 0 Å². The fourth-order valence-corrected chi connectivity index (χ4v) is 6.90. The molecule has 6 aromatic rings. The van der Waals surface area contributed by atoms with Gasteiger partial charge in [-0.05, 0) is 82.6 Å². The number of aromatic nitrogens is 4. The molecular formula is C34H27Cl5N4S. The first-order valence-corrected chi connectivity index (χ1v) is 15.9. The molecular weight excluding hydrogens is 674 g/mol. The lowest BCUT2D eigenvalue weighted by Gasteiger charge is -2.19. The van der Waals surface area contributed by atoms with Crippen LogP contribution in [-0.2, 0) is 25.9 Å². The lowest BCUT2D eigenvalue weighted by molar-refractivity contribution is 0.770. The van der Waals surface area contributed by atoms with Crippen molar-refractivity contribution in [3.8, 4) is 0 Å². The summed E-state index contributed by atoms with van der Waals surface area (Å²) >= 11 is 26.9. The lowest BCUT2D eigenvalue weighted by Crippen LogP contribution is -2.06. The lowest BCUT2D eigenvalue weighted by atomic mass is 9.99. The number of hydrogen-bond donors (Lipinski definition) is 0. The van der Waals surface area contributed by atoms with E-state index in [1.165, 1.54) is 32.0 Å². The Morgan fingerprint density at radius 3 is 1.41 bits per heavy atom. The molecule has 0 fully saturated rings.